The molecule has 0 aromatic carbocycles. The summed E-state index contributed by atoms with van der Waals surface area (Å²) in [5.41, 5.74) is 1.45. The van der Waals surface area contributed by atoms with Crippen molar-refractivity contribution in [2.24, 2.45) is 5.92 Å². The van der Waals surface area contributed by atoms with Crippen molar-refractivity contribution in [3.8, 4) is 11.4 Å². The Labute approximate surface area is 152 Å². The van der Waals surface area contributed by atoms with Crippen molar-refractivity contribution in [1.29, 1.82) is 0 Å². The van der Waals surface area contributed by atoms with Gasteiger partial charge in [-0.3, -0.25) is 4.98 Å². The van der Waals surface area contributed by atoms with Gasteiger partial charge in [-0.25, -0.2) is 4.98 Å². The van der Waals surface area contributed by atoms with E-state index in [0.717, 1.165) is 11.5 Å². The molecule has 7 heteroatoms. The van der Waals surface area contributed by atoms with Crippen LogP contribution in [-0.4, -0.2) is 32.7 Å². The van der Waals surface area contributed by atoms with Gasteiger partial charge in [0.25, 0.3) is 0 Å². The van der Waals surface area contributed by atoms with E-state index in [2.05, 4.69) is 25.6 Å². The number of hydrogen-bond acceptors (Lipinski definition) is 7. The molecule has 3 N–H and O–H groups in total. The van der Waals surface area contributed by atoms with Gasteiger partial charge in [0.15, 0.2) is 0 Å². The molecule has 1 atom stereocenters. The summed E-state index contributed by atoms with van der Waals surface area (Å²) in [4.78, 5) is 13.4. The first-order valence-electron chi connectivity index (χ1n) is 8.60. The van der Waals surface area contributed by atoms with Crippen LogP contribution in [0.5, 0.6) is 0 Å². The smallest absolute Gasteiger partial charge is 0.225 e. The van der Waals surface area contributed by atoms with Crippen LogP contribution in [0.1, 0.15) is 19.6 Å². The number of aromatic nitrogens is 3. The van der Waals surface area contributed by atoms with Gasteiger partial charge >= 0.3 is 0 Å². The molecule has 0 unspecified atom stereocenters. The highest BCUT2D eigenvalue weighted by Gasteiger charge is 2.15. The molecule has 0 aliphatic heterocycles. The third-order valence-corrected chi connectivity index (χ3v) is 3.99. The van der Waals surface area contributed by atoms with E-state index in [-0.39, 0.29) is 18.6 Å². The molecule has 3 heterocycles. The number of aliphatic hydroxyl groups is 1. The third kappa shape index (κ3) is 4.58. The standard InChI is InChI=1S/C19H23N5O2/c1-13(2)17(12-25)23-19-22-16(15-7-3-4-8-20-15)10-18(24-19)21-11-14-6-5-9-26-14/h3-10,13,17,25H,11-12H2,1-2H3,(H2,21,22,23,24)/t17-/m1/s1. The van der Waals surface area contributed by atoms with E-state index in [1.54, 1.807) is 12.5 Å². The van der Waals surface area contributed by atoms with Crippen molar-refractivity contribution in [2.75, 3.05) is 17.2 Å². The van der Waals surface area contributed by atoms with Gasteiger partial charge in [0, 0.05) is 12.3 Å². The van der Waals surface area contributed by atoms with E-state index in [1.165, 1.54) is 0 Å². The number of hydrogen-bond donors (Lipinski definition) is 3. The monoisotopic (exact) mass is 353 g/mol. The number of anilines is 2. The zero-order valence-corrected chi connectivity index (χ0v) is 14.9. The number of furan rings is 1. The average Bonchev–Trinajstić information content (AvgIpc) is 3.18. The lowest BCUT2D eigenvalue weighted by molar-refractivity contribution is 0.248. The number of pyridine rings is 1. The van der Waals surface area contributed by atoms with Crippen molar-refractivity contribution >= 4 is 11.8 Å². The van der Waals surface area contributed by atoms with Crippen LogP contribution in [0.2, 0.25) is 0 Å². The van der Waals surface area contributed by atoms with Gasteiger partial charge in [-0.05, 0) is 30.2 Å². The normalized spacial score (nSPS) is 12.2. The maximum atomic E-state index is 9.58. The predicted octanol–water partition coefficient (Wildman–Crippen LogP) is 3.17. The second-order valence-corrected chi connectivity index (χ2v) is 6.29. The van der Waals surface area contributed by atoms with E-state index in [9.17, 15) is 5.11 Å². The van der Waals surface area contributed by atoms with Gasteiger partial charge in [0.1, 0.15) is 11.6 Å². The van der Waals surface area contributed by atoms with Crippen LogP contribution in [-0.2, 0) is 6.54 Å². The van der Waals surface area contributed by atoms with E-state index >= 15 is 0 Å². The second-order valence-electron chi connectivity index (χ2n) is 6.29. The highest BCUT2D eigenvalue weighted by molar-refractivity contribution is 5.61. The Hall–Kier alpha value is -2.93. The highest BCUT2D eigenvalue weighted by atomic mass is 16.3. The molecule has 0 fully saturated rings. The fourth-order valence-electron chi connectivity index (χ4n) is 2.43. The van der Waals surface area contributed by atoms with Gasteiger partial charge in [0.2, 0.25) is 5.95 Å². The molecule has 0 amide bonds. The van der Waals surface area contributed by atoms with Gasteiger partial charge < -0.3 is 20.2 Å². The molecule has 0 aliphatic carbocycles. The number of aliphatic hydroxyl groups excluding tert-OH is 1. The molecule has 0 saturated heterocycles. The SMILES string of the molecule is CC(C)[C@@H](CO)Nc1nc(NCc2ccco2)cc(-c2ccccn2)n1. The minimum Gasteiger partial charge on any atom is -0.467 e. The molecule has 7 nitrogen and oxygen atoms in total. The number of nitrogens with zero attached hydrogens (tertiary/aromatic N) is 3. The van der Waals surface area contributed by atoms with E-state index < -0.39 is 0 Å². The van der Waals surface area contributed by atoms with Gasteiger partial charge in [0.05, 0.1) is 36.8 Å². The van der Waals surface area contributed by atoms with Crippen LogP contribution in [0.25, 0.3) is 11.4 Å². The van der Waals surface area contributed by atoms with Crippen LogP contribution in [0.4, 0.5) is 11.8 Å². The van der Waals surface area contributed by atoms with Gasteiger partial charge in [-0.15, -0.1) is 0 Å². The van der Waals surface area contributed by atoms with E-state index in [0.29, 0.717) is 24.0 Å². The fourth-order valence-corrected chi connectivity index (χ4v) is 2.43. The molecule has 0 radical (unpaired) electrons. The molecule has 0 bridgehead atoms. The van der Waals surface area contributed by atoms with Crippen LogP contribution < -0.4 is 10.6 Å². The fraction of sp³-hybridized carbons (Fsp3) is 0.316. The first-order valence-corrected chi connectivity index (χ1v) is 8.60. The largest absolute Gasteiger partial charge is 0.467 e. The summed E-state index contributed by atoms with van der Waals surface area (Å²) in [6, 6.07) is 11.1. The topological polar surface area (TPSA) is 96.1 Å². The quantitative estimate of drug-likeness (QED) is 0.572. The Morgan fingerprint density at radius 3 is 2.65 bits per heavy atom. The summed E-state index contributed by atoms with van der Waals surface area (Å²) in [5, 5.41) is 16.0. The Kier molecular flexibility index (Phi) is 5.80. The summed E-state index contributed by atoms with van der Waals surface area (Å²) >= 11 is 0. The molecular formula is C19H23N5O2. The van der Waals surface area contributed by atoms with Crippen LogP contribution in [0, 0.1) is 5.92 Å². The Bertz CT molecular complexity index is 806. The van der Waals surface area contributed by atoms with E-state index in [1.807, 2.05) is 50.2 Å². The number of rotatable bonds is 8. The number of nitrogens with one attached hydrogen (secondary N) is 2. The van der Waals surface area contributed by atoms with Crippen LogP contribution >= 0.6 is 0 Å². The molecule has 26 heavy (non-hydrogen) atoms. The van der Waals surface area contributed by atoms with Gasteiger partial charge in [-0.2, -0.15) is 4.98 Å². The van der Waals surface area contributed by atoms with Crippen molar-refractivity contribution in [2.45, 2.75) is 26.4 Å². The summed E-state index contributed by atoms with van der Waals surface area (Å²) in [5.74, 6) is 2.15. The molecule has 0 saturated carbocycles. The third-order valence-electron chi connectivity index (χ3n) is 3.99. The molecule has 0 aliphatic rings. The first-order chi connectivity index (χ1) is 12.7. The lowest BCUT2D eigenvalue weighted by Gasteiger charge is -2.20. The molecule has 3 rings (SSSR count). The molecule has 0 spiro atoms. The molecular weight excluding hydrogens is 330 g/mol. The zero-order chi connectivity index (χ0) is 18.4. The summed E-state index contributed by atoms with van der Waals surface area (Å²) in [6.07, 6.45) is 3.36. The Morgan fingerprint density at radius 2 is 2.00 bits per heavy atom. The van der Waals surface area contributed by atoms with Crippen molar-refractivity contribution < 1.29 is 9.52 Å². The van der Waals surface area contributed by atoms with Crippen LogP contribution in [0.3, 0.4) is 0 Å². The zero-order valence-electron chi connectivity index (χ0n) is 14.9. The van der Waals surface area contributed by atoms with E-state index in [4.69, 9.17) is 4.42 Å². The van der Waals surface area contributed by atoms with Gasteiger partial charge in [-0.1, -0.05) is 19.9 Å². The van der Waals surface area contributed by atoms with Crippen LogP contribution in [0.15, 0.2) is 53.3 Å². The lowest BCUT2D eigenvalue weighted by Crippen LogP contribution is -2.30. The maximum Gasteiger partial charge on any atom is 0.225 e. The van der Waals surface area contributed by atoms with Crippen molar-refractivity contribution in [3.63, 3.8) is 0 Å². The average molecular weight is 353 g/mol. The summed E-state index contributed by atoms with van der Waals surface area (Å²) in [7, 11) is 0. The van der Waals surface area contributed by atoms with Crippen molar-refractivity contribution in [3.05, 3.63) is 54.6 Å². The summed E-state index contributed by atoms with van der Waals surface area (Å²) < 4.78 is 5.35. The minimum atomic E-state index is -0.132. The Balaban J connectivity index is 1.88. The molecule has 136 valence electrons. The van der Waals surface area contributed by atoms with Crippen molar-refractivity contribution in [1.82, 2.24) is 15.0 Å². The minimum absolute atomic E-state index is 0.00397. The first kappa shape index (κ1) is 17.9. The maximum absolute atomic E-state index is 9.58. The molecule has 3 aromatic heterocycles. The second kappa shape index (κ2) is 8.44. The summed E-state index contributed by atoms with van der Waals surface area (Å²) in [6.45, 7) is 4.59. The lowest BCUT2D eigenvalue weighted by atomic mass is 10.1. The molecule has 3 aromatic rings. The Morgan fingerprint density at radius 1 is 1.12 bits per heavy atom. The predicted molar refractivity (Wildman–Crippen MR) is 101 cm³/mol. The highest BCUT2D eigenvalue weighted by Crippen LogP contribution is 2.21.